The van der Waals surface area contributed by atoms with Crippen LogP contribution in [0.3, 0.4) is 0 Å². The number of ether oxygens (including phenoxy) is 2. The molecule has 0 bridgehead atoms. The van der Waals surface area contributed by atoms with Crippen LogP contribution in [0.25, 0.3) is 10.8 Å². The second-order valence-corrected chi connectivity index (χ2v) is 8.88. The van der Waals surface area contributed by atoms with Gasteiger partial charge in [-0.05, 0) is 53.3 Å². The minimum absolute atomic E-state index is 0.0577. The lowest BCUT2D eigenvalue weighted by atomic mass is 9.92. The van der Waals surface area contributed by atoms with Crippen LogP contribution < -0.4 is 14.8 Å². The van der Waals surface area contributed by atoms with Gasteiger partial charge in [0.2, 0.25) is 0 Å². The van der Waals surface area contributed by atoms with Gasteiger partial charge in [-0.2, -0.15) is 0 Å². The molecule has 0 saturated carbocycles. The smallest absolute Gasteiger partial charge is 0.260 e. The van der Waals surface area contributed by atoms with Crippen molar-refractivity contribution in [2.24, 2.45) is 11.8 Å². The molecular weight excluding hydrogens is 416 g/mol. The SMILES string of the molecule is COc1ccccc1NC(=O)c1cc2ccccc2cc1OCC(=O)N1CC(C)CC(C)C1. The van der Waals surface area contributed by atoms with Crippen molar-refractivity contribution in [1.82, 2.24) is 4.90 Å². The molecule has 0 spiro atoms. The Morgan fingerprint density at radius 2 is 1.58 bits per heavy atom. The Balaban J connectivity index is 1.58. The van der Waals surface area contributed by atoms with E-state index >= 15 is 0 Å². The monoisotopic (exact) mass is 446 g/mol. The second kappa shape index (κ2) is 9.94. The molecule has 4 rings (SSSR count). The highest BCUT2D eigenvalue weighted by Gasteiger charge is 2.26. The third kappa shape index (κ3) is 5.28. The summed E-state index contributed by atoms with van der Waals surface area (Å²) in [6, 6.07) is 18.6. The largest absolute Gasteiger partial charge is 0.495 e. The first-order valence-corrected chi connectivity index (χ1v) is 11.3. The van der Waals surface area contributed by atoms with Crippen LogP contribution in [0.15, 0.2) is 60.7 Å². The van der Waals surface area contributed by atoms with E-state index in [0.717, 1.165) is 30.3 Å². The number of benzene rings is 3. The predicted molar refractivity (Wildman–Crippen MR) is 130 cm³/mol. The maximum Gasteiger partial charge on any atom is 0.260 e. The predicted octanol–water partition coefficient (Wildman–Crippen LogP) is 4.98. The van der Waals surface area contributed by atoms with E-state index in [4.69, 9.17) is 9.47 Å². The minimum Gasteiger partial charge on any atom is -0.495 e. The van der Waals surface area contributed by atoms with Gasteiger partial charge in [0.05, 0.1) is 18.4 Å². The average Bonchev–Trinajstić information content (AvgIpc) is 2.81. The fraction of sp³-hybridized carbons (Fsp3) is 0.333. The number of likely N-dealkylation sites (tertiary alicyclic amines) is 1. The number of carbonyl (C=O) groups excluding carboxylic acids is 2. The van der Waals surface area contributed by atoms with Crippen LogP contribution in [0.2, 0.25) is 0 Å². The maximum absolute atomic E-state index is 13.2. The van der Waals surface area contributed by atoms with Gasteiger partial charge in [-0.1, -0.05) is 50.2 Å². The number of para-hydroxylation sites is 2. The molecule has 0 aromatic heterocycles. The summed E-state index contributed by atoms with van der Waals surface area (Å²) in [6.45, 7) is 5.71. The summed E-state index contributed by atoms with van der Waals surface area (Å²) < 4.78 is 11.3. The van der Waals surface area contributed by atoms with Gasteiger partial charge in [0.15, 0.2) is 6.61 Å². The first-order valence-electron chi connectivity index (χ1n) is 11.3. The first-order chi connectivity index (χ1) is 15.9. The molecule has 0 radical (unpaired) electrons. The molecule has 0 aliphatic carbocycles. The first kappa shape index (κ1) is 22.6. The number of carbonyl (C=O) groups is 2. The number of methoxy groups -OCH3 is 1. The van der Waals surface area contributed by atoms with Crippen molar-refractivity contribution in [3.05, 3.63) is 66.2 Å². The molecule has 1 N–H and O–H groups in total. The Morgan fingerprint density at radius 1 is 0.939 bits per heavy atom. The Morgan fingerprint density at radius 3 is 2.27 bits per heavy atom. The molecule has 2 amide bonds. The van der Waals surface area contributed by atoms with Gasteiger partial charge < -0.3 is 19.7 Å². The summed E-state index contributed by atoms with van der Waals surface area (Å²) in [4.78, 5) is 28.0. The molecule has 2 atom stereocenters. The van der Waals surface area contributed by atoms with Gasteiger partial charge in [-0.3, -0.25) is 9.59 Å². The summed E-state index contributed by atoms with van der Waals surface area (Å²) in [5.41, 5.74) is 0.935. The molecule has 3 aromatic carbocycles. The molecule has 1 saturated heterocycles. The number of fused-ring (bicyclic) bond motifs is 1. The van der Waals surface area contributed by atoms with E-state index in [1.165, 1.54) is 0 Å². The van der Waals surface area contributed by atoms with E-state index in [-0.39, 0.29) is 18.4 Å². The average molecular weight is 447 g/mol. The van der Waals surface area contributed by atoms with Gasteiger partial charge in [0.25, 0.3) is 11.8 Å². The van der Waals surface area contributed by atoms with Crippen molar-refractivity contribution in [1.29, 1.82) is 0 Å². The summed E-state index contributed by atoms with van der Waals surface area (Å²) >= 11 is 0. The van der Waals surface area contributed by atoms with Gasteiger partial charge in [-0.15, -0.1) is 0 Å². The topological polar surface area (TPSA) is 67.9 Å². The van der Waals surface area contributed by atoms with E-state index in [1.807, 2.05) is 47.4 Å². The molecule has 1 aliphatic heterocycles. The highest BCUT2D eigenvalue weighted by atomic mass is 16.5. The molecule has 1 aliphatic rings. The number of hydrogen-bond donors (Lipinski definition) is 1. The number of amides is 2. The van der Waals surface area contributed by atoms with Crippen molar-refractivity contribution < 1.29 is 19.1 Å². The van der Waals surface area contributed by atoms with E-state index in [0.29, 0.717) is 34.6 Å². The fourth-order valence-corrected chi connectivity index (χ4v) is 4.55. The van der Waals surface area contributed by atoms with E-state index in [9.17, 15) is 9.59 Å². The lowest BCUT2D eigenvalue weighted by Crippen LogP contribution is -2.44. The summed E-state index contributed by atoms with van der Waals surface area (Å²) in [5, 5.41) is 4.76. The minimum atomic E-state index is -0.326. The van der Waals surface area contributed by atoms with Crippen LogP contribution in [0, 0.1) is 11.8 Å². The van der Waals surface area contributed by atoms with Gasteiger partial charge in [0.1, 0.15) is 11.5 Å². The third-order valence-electron chi connectivity index (χ3n) is 6.02. The van der Waals surface area contributed by atoms with Crippen LogP contribution in [-0.2, 0) is 4.79 Å². The standard InChI is InChI=1S/C27H30N2O4/c1-18-12-19(2)16-29(15-18)26(30)17-33-25-14-21-9-5-4-8-20(21)13-22(25)27(31)28-23-10-6-7-11-24(23)32-3/h4-11,13-14,18-19H,12,15-17H2,1-3H3,(H,28,31). The van der Waals surface area contributed by atoms with Crippen molar-refractivity contribution in [3.8, 4) is 11.5 Å². The van der Waals surface area contributed by atoms with Crippen LogP contribution >= 0.6 is 0 Å². The highest BCUT2D eigenvalue weighted by Crippen LogP contribution is 2.29. The number of nitrogens with zero attached hydrogens (tertiary/aromatic N) is 1. The number of anilines is 1. The van der Waals surface area contributed by atoms with Crippen molar-refractivity contribution in [2.75, 3.05) is 32.1 Å². The molecule has 2 unspecified atom stereocenters. The van der Waals surface area contributed by atoms with E-state index in [1.54, 1.807) is 25.3 Å². The molecule has 172 valence electrons. The zero-order valence-electron chi connectivity index (χ0n) is 19.3. The highest BCUT2D eigenvalue weighted by molar-refractivity contribution is 6.09. The van der Waals surface area contributed by atoms with E-state index in [2.05, 4.69) is 19.2 Å². The molecule has 6 heteroatoms. The Kier molecular flexibility index (Phi) is 6.82. The quantitative estimate of drug-likeness (QED) is 0.580. The maximum atomic E-state index is 13.2. The van der Waals surface area contributed by atoms with Crippen LogP contribution in [0.4, 0.5) is 5.69 Å². The molecule has 1 fully saturated rings. The number of hydrogen-bond acceptors (Lipinski definition) is 4. The van der Waals surface area contributed by atoms with Crippen molar-refractivity contribution >= 4 is 28.3 Å². The molecule has 6 nitrogen and oxygen atoms in total. The lowest BCUT2D eigenvalue weighted by molar-refractivity contribution is -0.136. The van der Waals surface area contributed by atoms with Crippen molar-refractivity contribution in [2.45, 2.75) is 20.3 Å². The van der Waals surface area contributed by atoms with Crippen LogP contribution in [0.1, 0.15) is 30.6 Å². The lowest BCUT2D eigenvalue weighted by Gasteiger charge is -2.34. The molecule has 33 heavy (non-hydrogen) atoms. The number of piperidine rings is 1. The van der Waals surface area contributed by atoms with E-state index < -0.39 is 0 Å². The summed E-state index contributed by atoms with van der Waals surface area (Å²) in [6.07, 6.45) is 1.13. The Hall–Kier alpha value is -3.54. The number of rotatable bonds is 6. The van der Waals surface area contributed by atoms with Gasteiger partial charge in [0, 0.05) is 13.1 Å². The Bertz CT molecular complexity index is 1150. The zero-order valence-corrected chi connectivity index (χ0v) is 19.3. The summed E-state index contributed by atoms with van der Waals surface area (Å²) in [5.74, 6) is 1.51. The molecular formula is C27H30N2O4. The Labute approximate surface area is 194 Å². The molecule has 3 aromatic rings. The number of nitrogens with one attached hydrogen (secondary N) is 1. The van der Waals surface area contributed by atoms with Gasteiger partial charge >= 0.3 is 0 Å². The van der Waals surface area contributed by atoms with Gasteiger partial charge in [-0.25, -0.2) is 0 Å². The fourth-order valence-electron chi connectivity index (χ4n) is 4.55. The van der Waals surface area contributed by atoms with Crippen LogP contribution in [-0.4, -0.2) is 43.5 Å². The van der Waals surface area contributed by atoms with Crippen molar-refractivity contribution in [3.63, 3.8) is 0 Å². The third-order valence-corrected chi connectivity index (χ3v) is 6.02. The summed E-state index contributed by atoms with van der Waals surface area (Å²) in [7, 11) is 1.56. The second-order valence-electron chi connectivity index (χ2n) is 8.88. The molecule has 1 heterocycles. The van der Waals surface area contributed by atoms with Crippen LogP contribution in [0.5, 0.6) is 11.5 Å². The zero-order chi connectivity index (χ0) is 23.4. The normalized spacial score (nSPS) is 18.1.